The number of hydrogen-bond donors (Lipinski definition) is 2. The van der Waals surface area contributed by atoms with Crippen LogP contribution in [0.15, 0.2) is 24.3 Å². The quantitative estimate of drug-likeness (QED) is 0.819. The highest BCUT2D eigenvalue weighted by atomic mass is 16.5. The van der Waals surface area contributed by atoms with Crippen molar-refractivity contribution in [3.05, 3.63) is 35.4 Å². The summed E-state index contributed by atoms with van der Waals surface area (Å²) in [4.78, 5) is 25.7. The number of methoxy groups -OCH3 is 1. The third-order valence-electron chi connectivity index (χ3n) is 5.46. The molecule has 0 spiro atoms. The van der Waals surface area contributed by atoms with Gasteiger partial charge in [-0.3, -0.25) is 4.79 Å². The van der Waals surface area contributed by atoms with Gasteiger partial charge in [-0.15, -0.1) is 0 Å². The summed E-state index contributed by atoms with van der Waals surface area (Å²) in [5.41, 5.74) is 1.51. The van der Waals surface area contributed by atoms with Crippen molar-refractivity contribution in [2.24, 2.45) is 11.8 Å². The van der Waals surface area contributed by atoms with Crippen LogP contribution < -0.4 is 5.32 Å². The maximum atomic E-state index is 12.7. The molecule has 1 aromatic carbocycles. The van der Waals surface area contributed by atoms with E-state index in [1.54, 1.807) is 12.0 Å². The summed E-state index contributed by atoms with van der Waals surface area (Å²) in [6.07, 6.45) is 1.43. The lowest BCUT2D eigenvalue weighted by Crippen LogP contribution is -2.54. The molecule has 27 heavy (non-hydrogen) atoms. The van der Waals surface area contributed by atoms with E-state index in [0.29, 0.717) is 26.2 Å². The zero-order chi connectivity index (χ0) is 19.4. The Kier molecular flexibility index (Phi) is 6.01. The first-order valence-corrected chi connectivity index (χ1v) is 9.42. The Bertz CT molecular complexity index is 695. The van der Waals surface area contributed by atoms with E-state index in [4.69, 9.17) is 9.47 Å². The number of fused-ring (bicyclic) bond motifs is 1. The predicted octanol–water partition coefficient (Wildman–Crippen LogP) is 1.85. The van der Waals surface area contributed by atoms with Gasteiger partial charge in [-0.1, -0.05) is 31.2 Å². The van der Waals surface area contributed by atoms with Crippen LogP contribution in [0, 0.1) is 11.8 Å². The summed E-state index contributed by atoms with van der Waals surface area (Å²) in [7, 11) is 1.62. The molecule has 148 valence electrons. The predicted molar refractivity (Wildman–Crippen MR) is 99.5 cm³/mol. The van der Waals surface area contributed by atoms with Crippen LogP contribution in [0.5, 0.6) is 0 Å². The normalized spacial score (nSPS) is 27.7. The van der Waals surface area contributed by atoms with E-state index in [2.05, 4.69) is 11.4 Å². The minimum Gasteiger partial charge on any atom is -0.481 e. The number of hydrogen-bond acceptors (Lipinski definition) is 4. The molecule has 2 amide bonds. The maximum absolute atomic E-state index is 12.7. The highest BCUT2D eigenvalue weighted by Crippen LogP contribution is 2.33. The molecule has 0 saturated carbocycles. The highest BCUT2D eigenvalue weighted by Gasteiger charge is 2.39. The molecule has 2 aliphatic rings. The van der Waals surface area contributed by atoms with E-state index in [9.17, 15) is 14.7 Å². The van der Waals surface area contributed by atoms with Crippen molar-refractivity contribution in [2.75, 3.05) is 40.0 Å². The number of carboxylic acids is 1. The molecule has 2 N–H and O–H groups in total. The lowest BCUT2D eigenvalue weighted by Gasteiger charge is -2.40. The van der Waals surface area contributed by atoms with Crippen molar-refractivity contribution in [1.29, 1.82) is 0 Å². The number of nitrogens with zero attached hydrogens (tertiary/aromatic N) is 1. The second-order valence-corrected chi connectivity index (χ2v) is 7.62. The Labute approximate surface area is 159 Å². The van der Waals surface area contributed by atoms with Crippen LogP contribution in [0.3, 0.4) is 0 Å². The lowest BCUT2D eigenvalue weighted by molar-refractivity contribution is -0.143. The molecule has 1 saturated heterocycles. The number of likely N-dealkylation sites (tertiary alicyclic amines) is 1. The molecule has 0 radical (unpaired) electrons. The van der Waals surface area contributed by atoms with Crippen LogP contribution in [0.25, 0.3) is 0 Å². The number of nitrogens with one attached hydrogen (secondary N) is 1. The average molecular weight is 376 g/mol. The maximum Gasteiger partial charge on any atom is 0.317 e. The molecule has 3 atom stereocenters. The first-order chi connectivity index (χ1) is 12.9. The minimum atomic E-state index is -0.847. The third kappa shape index (κ3) is 4.25. The number of ether oxygens (including phenoxy) is 2. The standard InChI is InChI=1S/C20H28N2O5/c1-14-9-16(18(23)24)11-22(10-14)19(25)21-12-20(13-26-2)17-6-4-3-5-15(17)7-8-27-20/h3-6,14,16H,7-13H2,1-2H3,(H,21,25)(H,23,24). The van der Waals surface area contributed by atoms with Crippen LogP contribution in [0.2, 0.25) is 0 Å². The summed E-state index contributed by atoms with van der Waals surface area (Å²) in [6.45, 7) is 3.95. The average Bonchev–Trinajstić information content (AvgIpc) is 2.66. The van der Waals surface area contributed by atoms with Gasteiger partial charge in [0, 0.05) is 20.2 Å². The number of rotatable bonds is 5. The van der Waals surface area contributed by atoms with E-state index >= 15 is 0 Å². The summed E-state index contributed by atoms with van der Waals surface area (Å²) in [5, 5.41) is 12.3. The van der Waals surface area contributed by atoms with Gasteiger partial charge in [0.05, 0.1) is 25.7 Å². The number of carboxylic acid groups (broad SMARTS) is 1. The monoisotopic (exact) mass is 376 g/mol. The number of aliphatic carboxylic acids is 1. The van der Waals surface area contributed by atoms with Crippen LogP contribution in [0.1, 0.15) is 24.5 Å². The zero-order valence-corrected chi connectivity index (χ0v) is 15.9. The first-order valence-electron chi connectivity index (χ1n) is 9.42. The molecule has 2 heterocycles. The van der Waals surface area contributed by atoms with Gasteiger partial charge in [-0.2, -0.15) is 0 Å². The summed E-state index contributed by atoms with van der Waals surface area (Å²) in [5.74, 6) is -1.20. The van der Waals surface area contributed by atoms with Crippen LogP contribution in [-0.2, 0) is 26.3 Å². The van der Waals surface area contributed by atoms with Crippen LogP contribution in [-0.4, -0.2) is 62.0 Å². The van der Waals surface area contributed by atoms with Crippen LogP contribution in [0.4, 0.5) is 4.79 Å². The Balaban J connectivity index is 1.72. The van der Waals surface area contributed by atoms with E-state index < -0.39 is 17.5 Å². The van der Waals surface area contributed by atoms with Gasteiger partial charge in [0.2, 0.25) is 0 Å². The second-order valence-electron chi connectivity index (χ2n) is 7.62. The Hall–Kier alpha value is -2.12. The van der Waals surface area contributed by atoms with Gasteiger partial charge < -0.3 is 24.8 Å². The van der Waals surface area contributed by atoms with Gasteiger partial charge in [0.1, 0.15) is 5.60 Å². The SMILES string of the molecule is COCC1(CNC(=O)N2CC(C)CC(C(=O)O)C2)OCCc2ccccc21. The molecule has 0 aliphatic carbocycles. The smallest absolute Gasteiger partial charge is 0.317 e. The molecule has 7 heteroatoms. The molecule has 7 nitrogen and oxygen atoms in total. The molecule has 0 aromatic heterocycles. The molecule has 2 aliphatic heterocycles. The minimum absolute atomic E-state index is 0.158. The molecule has 3 rings (SSSR count). The fourth-order valence-corrected chi connectivity index (χ4v) is 4.19. The van der Waals surface area contributed by atoms with Gasteiger partial charge >= 0.3 is 12.0 Å². The summed E-state index contributed by atoms with van der Waals surface area (Å²) < 4.78 is 11.5. The van der Waals surface area contributed by atoms with E-state index in [1.807, 2.05) is 25.1 Å². The van der Waals surface area contributed by atoms with E-state index in [-0.39, 0.29) is 25.0 Å². The molecule has 3 unspecified atom stereocenters. The van der Waals surface area contributed by atoms with Crippen molar-refractivity contribution < 1.29 is 24.2 Å². The van der Waals surface area contributed by atoms with Crippen LogP contribution >= 0.6 is 0 Å². The summed E-state index contributed by atoms with van der Waals surface area (Å²) in [6, 6.07) is 7.80. The van der Waals surface area contributed by atoms with Crippen molar-refractivity contribution in [2.45, 2.75) is 25.4 Å². The van der Waals surface area contributed by atoms with Crippen molar-refractivity contribution in [1.82, 2.24) is 10.2 Å². The number of urea groups is 1. The summed E-state index contributed by atoms with van der Waals surface area (Å²) >= 11 is 0. The van der Waals surface area contributed by atoms with Gasteiger partial charge in [-0.05, 0) is 29.9 Å². The van der Waals surface area contributed by atoms with E-state index in [0.717, 1.165) is 12.0 Å². The first kappa shape index (κ1) is 19.6. The van der Waals surface area contributed by atoms with E-state index in [1.165, 1.54) is 5.56 Å². The lowest BCUT2D eigenvalue weighted by atomic mass is 9.86. The topological polar surface area (TPSA) is 88.1 Å². The molecule has 1 aromatic rings. The Morgan fingerprint density at radius 2 is 2.15 bits per heavy atom. The van der Waals surface area contributed by atoms with Crippen molar-refractivity contribution >= 4 is 12.0 Å². The molecule has 0 bridgehead atoms. The van der Waals surface area contributed by atoms with Gasteiger partial charge in [-0.25, -0.2) is 4.79 Å². The molecule has 1 fully saturated rings. The Morgan fingerprint density at radius 1 is 1.37 bits per heavy atom. The number of amides is 2. The molecular formula is C20H28N2O5. The third-order valence-corrected chi connectivity index (χ3v) is 5.46. The largest absolute Gasteiger partial charge is 0.481 e. The number of carbonyl (C=O) groups is 2. The van der Waals surface area contributed by atoms with Gasteiger partial charge in [0.25, 0.3) is 0 Å². The van der Waals surface area contributed by atoms with Gasteiger partial charge in [0.15, 0.2) is 0 Å². The number of piperidine rings is 1. The van der Waals surface area contributed by atoms with Crippen molar-refractivity contribution in [3.8, 4) is 0 Å². The number of benzene rings is 1. The Morgan fingerprint density at radius 3 is 2.89 bits per heavy atom. The fourth-order valence-electron chi connectivity index (χ4n) is 4.19. The highest BCUT2D eigenvalue weighted by molar-refractivity contribution is 5.76. The zero-order valence-electron chi connectivity index (χ0n) is 15.9. The molecular weight excluding hydrogens is 348 g/mol. The number of carbonyl (C=O) groups excluding carboxylic acids is 1. The second kappa shape index (κ2) is 8.27. The fraction of sp³-hybridized carbons (Fsp3) is 0.600. The van der Waals surface area contributed by atoms with Crippen molar-refractivity contribution in [3.63, 3.8) is 0 Å².